The summed E-state index contributed by atoms with van der Waals surface area (Å²) < 4.78 is 32.1. The molecule has 1 atom stereocenters. The maximum Gasteiger partial charge on any atom is 0.470 e. The summed E-state index contributed by atoms with van der Waals surface area (Å²) in [6.45, 7) is 0. The van der Waals surface area contributed by atoms with Gasteiger partial charge in [-0.05, 0) is 42.0 Å². The molecule has 4 rings (SSSR count). The molecule has 0 fully saturated rings. The fourth-order valence-electron chi connectivity index (χ4n) is 3.63. The van der Waals surface area contributed by atoms with Crippen molar-refractivity contribution in [2.45, 2.75) is 12.3 Å². The summed E-state index contributed by atoms with van der Waals surface area (Å²) in [6.07, 6.45) is -3.83. The van der Waals surface area contributed by atoms with Crippen molar-refractivity contribution in [3.63, 3.8) is 0 Å². The number of primary amides is 1. The maximum atomic E-state index is 10.7. The van der Waals surface area contributed by atoms with Crippen LogP contribution in [-0.4, -0.2) is 12.1 Å². The summed E-state index contributed by atoms with van der Waals surface area (Å²) in [4.78, 5) is 9.12. The number of hydrogen-bond donors (Lipinski definition) is 1. The number of carbonyl (C=O) groups excluding carboxylic acids is 1. The van der Waals surface area contributed by atoms with Gasteiger partial charge in [0.05, 0.1) is 6.16 Å². The summed E-state index contributed by atoms with van der Waals surface area (Å²) in [7, 11) is -1.78. The average molecular weight is 572 g/mol. The van der Waals surface area contributed by atoms with E-state index in [4.69, 9.17) is 4.79 Å². The highest BCUT2D eigenvalue weighted by Crippen LogP contribution is 2.58. The first-order valence-electron chi connectivity index (χ1n) is 10.3. The fraction of sp³-hybridized carbons (Fsp3) is 0.0741. The van der Waals surface area contributed by atoms with E-state index in [2.05, 4.69) is 127 Å². The van der Waals surface area contributed by atoms with Crippen LogP contribution in [0.15, 0.2) is 121 Å². The number of carbonyl (C=O) groups is 1. The molecule has 4 aromatic rings. The monoisotopic (exact) mass is 571 g/mol. The predicted molar refractivity (Wildman–Crippen MR) is 149 cm³/mol. The van der Waals surface area contributed by atoms with Gasteiger partial charge in [-0.25, -0.2) is 0 Å². The Morgan fingerprint density at radius 1 is 0.639 bits per heavy atom. The van der Waals surface area contributed by atoms with E-state index >= 15 is 0 Å². The van der Waals surface area contributed by atoms with Crippen LogP contribution in [0, 0.1) is 0 Å². The highest BCUT2D eigenvalue weighted by atomic mass is 35.5. The molecule has 0 aliphatic carbocycles. The first-order chi connectivity index (χ1) is 15.8. The van der Waals surface area contributed by atoms with Crippen LogP contribution >= 0.6 is 29.6 Å². The largest absolute Gasteiger partial charge is 1.00 e. The lowest BCUT2D eigenvalue weighted by atomic mass is 10.2. The van der Waals surface area contributed by atoms with Crippen molar-refractivity contribution in [1.29, 1.82) is 0 Å². The summed E-state index contributed by atoms with van der Waals surface area (Å²) in [5.74, 6) is -2.26. The second-order valence-electron chi connectivity index (χ2n) is 7.32. The van der Waals surface area contributed by atoms with Crippen LogP contribution in [0.1, 0.15) is 5.56 Å². The molecule has 0 radical (unpaired) electrons. The minimum Gasteiger partial charge on any atom is -1.00 e. The van der Waals surface area contributed by atoms with Gasteiger partial charge in [-0.3, -0.25) is 4.79 Å². The van der Waals surface area contributed by atoms with Gasteiger partial charge in [-0.15, -0.1) is 12.4 Å². The number of benzene rings is 4. The van der Waals surface area contributed by atoms with E-state index in [0.717, 1.165) is 6.16 Å². The molecule has 0 bridgehead atoms. The number of hydrogen-bond acceptors (Lipinski definition) is 1. The van der Waals surface area contributed by atoms with Crippen molar-refractivity contribution in [3.05, 3.63) is 127 Å². The van der Waals surface area contributed by atoms with E-state index in [1.807, 2.05) is 0 Å². The maximum absolute atomic E-state index is 10.7. The lowest BCUT2D eigenvalue weighted by Gasteiger charge is -2.27. The number of rotatable bonds is 5. The van der Waals surface area contributed by atoms with Crippen LogP contribution in [0.5, 0.6) is 0 Å². The highest BCUT2D eigenvalue weighted by Gasteiger charge is 2.45. The van der Waals surface area contributed by atoms with Crippen LogP contribution < -0.4 is 34.1 Å². The number of halogens is 5. The van der Waals surface area contributed by atoms with Gasteiger partial charge in [0.2, 0.25) is 0 Å². The molecular formula is C27H28Cl2F3NOP2. The third-order valence-corrected chi connectivity index (χ3v) is 9.51. The second-order valence-corrected chi connectivity index (χ2v) is 10.8. The molecule has 0 spiro atoms. The topological polar surface area (TPSA) is 43.1 Å². The number of alkyl halides is 3. The Labute approximate surface area is 226 Å². The summed E-state index contributed by atoms with van der Waals surface area (Å²) in [5.41, 5.74) is 5.19. The minimum absolute atomic E-state index is 0. The summed E-state index contributed by atoms with van der Waals surface area (Å²) in [6, 6.07) is 44.0. The van der Waals surface area contributed by atoms with Gasteiger partial charge in [0.1, 0.15) is 23.2 Å². The molecule has 9 heteroatoms. The van der Waals surface area contributed by atoms with Gasteiger partial charge in [0.25, 0.3) is 0 Å². The highest BCUT2D eigenvalue weighted by molar-refractivity contribution is 7.95. The third-order valence-electron chi connectivity index (χ3n) is 5.13. The average Bonchev–Trinajstić information content (AvgIpc) is 2.85. The van der Waals surface area contributed by atoms with Gasteiger partial charge in [-0.1, -0.05) is 84.9 Å². The quantitative estimate of drug-likeness (QED) is 0.368. The summed E-state index contributed by atoms with van der Waals surface area (Å²) >= 11 is 0. The Hall–Kier alpha value is -2.42. The van der Waals surface area contributed by atoms with E-state index in [-0.39, 0.29) is 34.7 Å². The van der Waals surface area contributed by atoms with Gasteiger partial charge in [0, 0.05) is 0 Å². The zero-order chi connectivity index (χ0) is 23.7. The number of nitrogens with two attached hydrogens (primary N) is 1. The zero-order valence-electron chi connectivity index (χ0n) is 19.3. The molecule has 0 aliphatic rings. The Morgan fingerprint density at radius 3 is 1.14 bits per heavy atom. The molecule has 192 valence electrons. The Kier molecular flexibility index (Phi) is 14.6. The van der Waals surface area contributed by atoms with Crippen LogP contribution in [0.4, 0.5) is 13.2 Å². The minimum atomic E-state index is -4.86. The van der Waals surface area contributed by atoms with Crippen LogP contribution in [0.3, 0.4) is 0 Å². The number of amides is 1. The van der Waals surface area contributed by atoms with E-state index in [9.17, 15) is 13.2 Å². The molecule has 2 N–H and O–H groups in total. The van der Waals surface area contributed by atoms with Crippen molar-refractivity contribution in [2.75, 3.05) is 0 Å². The van der Waals surface area contributed by atoms with Crippen molar-refractivity contribution in [1.82, 2.24) is 0 Å². The Morgan fingerprint density at radius 2 is 0.889 bits per heavy atom. The predicted octanol–water partition coefficient (Wildman–Crippen LogP) is 2.70. The first-order valence-corrected chi connectivity index (χ1v) is 12.3. The molecule has 36 heavy (non-hydrogen) atoms. The van der Waals surface area contributed by atoms with E-state index in [0.29, 0.717) is 0 Å². The fourth-order valence-corrected chi connectivity index (χ4v) is 7.87. The van der Waals surface area contributed by atoms with E-state index < -0.39 is 19.3 Å². The van der Waals surface area contributed by atoms with Gasteiger partial charge in [-0.2, -0.15) is 23.1 Å². The molecule has 1 unspecified atom stereocenters. The molecule has 0 saturated carbocycles. The molecule has 4 aromatic carbocycles. The summed E-state index contributed by atoms with van der Waals surface area (Å²) in [5, 5.41) is 4.30. The second kappa shape index (κ2) is 15.6. The lowest BCUT2D eigenvalue weighted by Crippen LogP contribution is -3.00. The van der Waals surface area contributed by atoms with Crippen molar-refractivity contribution < 1.29 is 30.4 Å². The van der Waals surface area contributed by atoms with Gasteiger partial charge >= 0.3 is 12.1 Å². The smallest absolute Gasteiger partial charge is 0.470 e. The molecule has 2 nitrogen and oxygen atoms in total. The van der Waals surface area contributed by atoms with Crippen LogP contribution in [-0.2, 0) is 11.0 Å². The van der Waals surface area contributed by atoms with E-state index in [1.165, 1.54) is 21.5 Å². The molecular weight excluding hydrogens is 544 g/mol. The normalized spacial score (nSPS) is 10.3. The zero-order valence-corrected chi connectivity index (χ0v) is 23.2. The lowest BCUT2D eigenvalue weighted by molar-refractivity contribution is -0.169. The van der Waals surface area contributed by atoms with Crippen molar-refractivity contribution in [2.24, 2.45) is 5.73 Å². The molecule has 0 aromatic heterocycles. The van der Waals surface area contributed by atoms with Gasteiger partial charge in [0.15, 0.2) is 0 Å². The van der Waals surface area contributed by atoms with Gasteiger partial charge < -0.3 is 18.1 Å². The van der Waals surface area contributed by atoms with E-state index in [1.54, 1.807) is 0 Å². The molecule has 0 saturated heterocycles. The molecule has 1 amide bonds. The molecule has 0 heterocycles. The molecule has 0 aliphatic heterocycles. The van der Waals surface area contributed by atoms with Crippen molar-refractivity contribution >= 4 is 51.4 Å². The van der Waals surface area contributed by atoms with Crippen molar-refractivity contribution in [3.8, 4) is 0 Å². The SMILES string of the molecule is Cl.NC(=O)C(F)(F)F.P.[Cl-].c1ccc(C[P+](c2ccccc2)(c2ccccc2)c2ccccc2)cc1. The Bertz CT molecular complexity index is 1050. The van der Waals surface area contributed by atoms with Crippen LogP contribution in [0.2, 0.25) is 0 Å². The third kappa shape index (κ3) is 8.61. The Balaban J connectivity index is 0.00000109. The van der Waals surface area contributed by atoms with Crippen LogP contribution in [0.25, 0.3) is 0 Å². The standard InChI is InChI=1S/C25H22P.C2H2F3NO.2ClH.H3P/c1-5-13-22(14-6-1)21-26(23-15-7-2-8-16-23,24-17-9-3-10-18-24)25-19-11-4-12-20-25;3-2(4,5)1(6)7;;;/h1-20H,21H2;(H2,6,7);2*1H;1H3/q+1;;;;/p-1. The first kappa shape index (κ1) is 33.6.